The van der Waals surface area contributed by atoms with Crippen LogP contribution < -0.4 is 20.8 Å². The topological polar surface area (TPSA) is 62.9 Å². The highest BCUT2D eigenvalue weighted by Crippen LogP contribution is 2.31. The van der Waals surface area contributed by atoms with Gasteiger partial charge in [0.1, 0.15) is 24.0 Å². The highest BCUT2D eigenvalue weighted by Gasteiger charge is 2.18. The molecule has 3 rings (SSSR count). The molecule has 1 fully saturated rings. The van der Waals surface area contributed by atoms with Crippen molar-refractivity contribution < 1.29 is 13.5 Å². The van der Waals surface area contributed by atoms with E-state index in [1.807, 2.05) is 4.90 Å². The van der Waals surface area contributed by atoms with E-state index in [9.17, 15) is 8.78 Å². The van der Waals surface area contributed by atoms with E-state index in [-0.39, 0.29) is 23.4 Å². The number of ether oxygens (including phenoxy) is 1. The van der Waals surface area contributed by atoms with Crippen LogP contribution in [0.15, 0.2) is 41.5 Å². The Morgan fingerprint density at radius 2 is 1.89 bits per heavy atom. The second kappa shape index (κ2) is 9.45. The molecule has 0 aromatic heterocycles. The van der Waals surface area contributed by atoms with Crippen molar-refractivity contribution in [2.45, 2.75) is 25.9 Å². The van der Waals surface area contributed by atoms with Gasteiger partial charge in [-0.3, -0.25) is 5.43 Å². The quantitative estimate of drug-likeness (QED) is 0.437. The number of benzene rings is 2. The summed E-state index contributed by atoms with van der Waals surface area (Å²) in [6.45, 7) is 1.84. The Balaban J connectivity index is 1.86. The Morgan fingerprint density at radius 3 is 2.57 bits per heavy atom. The molecule has 0 amide bonds. The number of nitrogens with two attached hydrogens (primary N) is 1. The third-order valence-electron chi connectivity index (χ3n) is 4.46. The molecule has 0 spiro atoms. The van der Waals surface area contributed by atoms with Crippen LogP contribution in [-0.2, 0) is 6.61 Å². The van der Waals surface area contributed by atoms with E-state index in [0.29, 0.717) is 17.0 Å². The number of nitrogens with one attached hydrogen (secondary N) is 1. The average molecular weight is 404 g/mol. The molecule has 1 heterocycles. The smallest absolute Gasteiger partial charge is 0.184 e. The first kappa shape index (κ1) is 20.0. The molecule has 0 atom stereocenters. The first-order chi connectivity index (χ1) is 13.5. The van der Waals surface area contributed by atoms with Gasteiger partial charge >= 0.3 is 0 Å². The summed E-state index contributed by atoms with van der Waals surface area (Å²) in [4.78, 5) is 2.03. The summed E-state index contributed by atoms with van der Waals surface area (Å²) in [5.74, 6) is -0.179. The lowest BCUT2D eigenvalue weighted by Gasteiger charge is -2.29. The molecule has 28 heavy (non-hydrogen) atoms. The van der Waals surface area contributed by atoms with Gasteiger partial charge in [-0.2, -0.15) is 5.10 Å². The molecule has 0 radical (unpaired) electrons. The Morgan fingerprint density at radius 1 is 1.18 bits per heavy atom. The fourth-order valence-corrected chi connectivity index (χ4v) is 3.12. The van der Waals surface area contributed by atoms with Crippen LogP contribution in [0.4, 0.5) is 14.5 Å². The molecule has 148 valence electrons. The number of anilines is 1. The van der Waals surface area contributed by atoms with Gasteiger partial charge in [-0.05, 0) is 55.2 Å². The number of nitrogens with zero attached hydrogens (tertiary/aromatic N) is 2. The van der Waals surface area contributed by atoms with Crippen LogP contribution in [0.3, 0.4) is 0 Å². The van der Waals surface area contributed by atoms with Crippen LogP contribution in [0.2, 0.25) is 0 Å². The molecular weight excluding hydrogens is 382 g/mol. The summed E-state index contributed by atoms with van der Waals surface area (Å²) in [5.41, 5.74) is 9.56. The summed E-state index contributed by atoms with van der Waals surface area (Å²) in [6, 6.07) is 9.11. The Hall–Kier alpha value is -2.74. The molecule has 0 saturated carbocycles. The SMILES string of the molecule is NC(=S)N/N=C/c1cc(F)c(N2CCCCC2)cc1OCc1ccc(F)cc1. The normalized spacial score (nSPS) is 14.3. The van der Waals surface area contributed by atoms with E-state index < -0.39 is 0 Å². The average Bonchev–Trinajstić information content (AvgIpc) is 2.69. The predicted octanol–water partition coefficient (Wildman–Crippen LogP) is 3.70. The Labute approximate surface area is 168 Å². The molecule has 5 nitrogen and oxygen atoms in total. The summed E-state index contributed by atoms with van der Waals surface area (Å²) < 4.78 is 33.7. The number of thiocarbonyl (C=S) groups is 1. The third kappa shape index (κ3) is 5.39. The number of hydrazone groups is 1. The first-order valence-corrected chi connectivity index (χ1v) is 9.48. The zero-order chi connectivity index (χ0) is 19.9. The van der Waals surface area contributed by atoms with E-state index in [1.54, 1.807) is 18.2 Å². The summed E-state index contributed by atoms with van der Waals surface area (Å²) in [6.07, 6.45) is 4.63. The number of halogens is 2. The lowest BCUT2D eigenvalue weighted by atomic mass is 10.1. The third-order valence-corrected chi connectivity index (χ3v) is 4.55. The van der Waals surface area contributed by atoms with Crippen molar-refractivity contribution >= 4 is 29.2 Å². The maximum Gasteiger partial charge on any atom is 0.184 e. The van der Waals surface area contributed by atoms with Gasteiger partial charge < -0.3 is 15.4 Å². The predicted molar refractivity (Wildman–Crippen MR) is 111 cm³/mol. The van der Waals surface area contributed by atoms with Crippen LogP contribution >= 0.6 is 12.2 Å². The van der Waals surface area contributed by atoms with Crippen LogP contribution in [0.1, 0.15) is 30.4 Å². The minimum atomic E-state index is -0.340. The first-order valence-electron chi connectivity index (χ1n) is 9.07. The lowest BCUT2D eigenvalue weighted by Crippen LogP contribution is -2.30. The van der Waals surface area contributed by atoms with Gasteiger partial charge in [-0.1, -0.05) is 12.1 Å². The minimum absolute atomic E-state index is 0.00967. The highest BCUT2D eigenvalue weighted by atomic mass is 32.1. The highest BCUT2D eigenvalue weighted by molar-refractivity contribution is 7.80. The summed E-state index contributed by atoms with van der Waals surface area (Å²) in [7, 11) is 0. The largest absolute Gasteiger partial charge is 0.488 e. The van der Waals surface area contributed by atoms with Gasteiger partial charge in [0.15, 0.2) is 5.11 Å². The molecule has 2 aromatic carbocycles. The van der Waals surface area contributed by atoms with Crippen LogP contribution in [-0.4, -0.2) is 24.4 Å². The number of piperidine rings is 1. The van der Waals surface area contributed by atoms with Gasteiger partial charge in [-0.25, -0.2) is 8.78 Å². The van der Waals surface area contributed by atoms with E-state index in [1.165, 1.54) is 24.4 Å². The second-order valence-electron chi connectivity index (χ2n) is 6.54. The second-order valence-corrected chi connectivity index (χ2v) is 6.98. The molecule has 3 N–H and O–H groups in total. The molecule has 0 bridgehead atoms. The molecule has 0 aliphatic carbocycles. The van der Waals surface area contributed by atoms with Gasteiger partial charge in [0, 0.05) is 24.7 Å². The fraction of sp³-hybridized carbons (Fsp3) is 0.300. The summed E-state index contributed by atoms with van der Waals surface area (Å²) in [5, 5.41) is 3.91. The molecule has 8 heteroatoms. The molecule has 1 aliphatic rings. The molecule has 1 saturated heterocycles. The van der Waals surface area contributed by atoms with E-state index in [4.69, 9.17) is 22.7 Å². The van der Waals surface area contributed by atoms with E-state index >= 15 is 0 Å². The maximum absolute atomic E-state index is 14.7. The molecule has 0 unspecified atom stereocenters. The van der Waals surface area contributed by atoms with Gasteiger partial charge in [0.05, 0.1) is 11.9 Å². The zero-order valence-electron chi connectivity index (χ0n) is 15.3. The standard InChI is InChI=1S/C20H22F2N4OS/c21-16-6-4-14(5-7-16)13-27-19-11-18(26-8-2-1-3-9-26)17(22)10-15(19)12-24-25-20(23)28/h4-7,10-12H,1-3,8-9,13H2,(H3,23,25,28)/b24-12+. The Bertz CT molecular complexity index is 852. The van der Waals surface area contributed by atoms with Crippen molar-refractivity contribution in [2.24, 2.45) is 10.8 Å². The van der Waals surface area contributed by atoms with Crippen molar-refractivity contribution in [1.29, 1.82) is 0 Å². The van der Waals surface area contributed by atoms with Crippen LogP contribution in [0.5, 0.6) is 5.75 Å². The molecule has 2 aromatic rings. The van der Waals surface area contributed by atoms with Crippen molar-refractivity contribution in [3.63, 3.8) is 0 Å². The van der Waals surface area contributed by atoms with Crippen molar-refractivity contribution in [3.05, 3.63) is 59.2 Å². The Kier molecular flexibility index (Phi) is 6.76. The van der Waals surface area contributed by atoms with Gasteiger partial charge in [-0.15, -0.1) is 0 Å². The number of hydrogen-bond donors (Lipinski definition) is 2. The molecule has 1 aliphatic heterocycles. The fourth-order valence-electron chi connectivity index (χ4n) is 3.07. The number of rotatable bonds is 6. The summed E-state index contributed by atoms with van der Waals surface area (Å²) >= 11 is 4.71. The molecular formula is C20H22F2N4OS. The van der Waals surface area contributed by atoms with Crippen molar-refractivity contribution in [2.75, 3.05) is 18.0 Å². The van der Waals surface area contributed by atoms with Crippen LogP contribution in [0, 0.1) is 11.6 Å². The van der Waals surface area contributed by atoms with Crippen molar-refractivity contribution in [3.8, 4) is 5.75 Å². The minimum Gasteiger partial charge on any atom is -0.488 e. The van der Waals surface area contributed by atoms with Gasteiger partial charge in [0.2, 0.25) is 0 Å². The zero-order valence-corrected chi connectivity index (χ0v) is 16.1. The van der Waals surface area contributed by atoms with Crippen LogP contribution in [0.25, 0.3) is 0 Å². The van der Waals surface area contributed by atoms with E-state index in [2.05, 4.69) is 10.5 Å². The van der Waals surface area contributed by atoms with E-state index in [0.717, 1.165) is 37.9 Å². The number of hydrogen-bond acceptors (Lipinski definition) is 4. The lowest BCUT2D eigenvalue weighted by molar-refractivity contribution is 0.305. The maximum atomic E-state index is 14.7. The van der Waals surface area contributed by atoms with Gasteiger partial charge in [0.25, 0.3) is 0 Å². The van der Waals surface area contributed by atoms with Crippen molar-refractivity contribution in [1.82, 2.24) is 5.43 Å². The monoisotopic (exact) mass is 404 g/mol.